The number of aromatic nitrogens is 4. The van der Waals surface area contributed by atoms with Gasteiger partial charge in [-0.2, -0.15) is 9.97 Å². The highest BCUT2D eigenvalue weighted by Gasteiger charge is 2.16. The molecule has 0 fully saturated rings. The van der Waals surface area contributed by atoms with Crippen molar-refractivity contribution in [1.82, 2.24) is 20.3 Å². The SMILES string of the molecule is COCCOC(=O)c1cccc(-c2noc(-c3ccccc3F)n2)c1.COCCOCCOC.Cc1noc(-c2ccccc2F)n1.O. The summed E-state index contributed by atoms with van der Waals surface area (Å²) in [5.74, 6) is -0.240. The van der Waals surface area contributed by atoms with Crippen LogP contribution in [0.15, 0.2) is 81.8 Å². The zero-order valence-corrected chi connectivity index (χ0v) is 27.0. The first-order chi connectivity index (χ1) is 22.9. The van der Waals surface area contributed by atoms with E-state index in [-0.39, 0.29) is 41.1 Å². The molecule has 0 bridgehead atoms. The Bertz CT molecular complexity index is 1640. The van der Waals surface area contributed by atoms with E-state index in [1.165, 1.54) is 19.2 Å². The van der Waals surface area contributed by atoms with Gasteiger partial charge in [0.2, 0.25) is 5.82 Å². The molecule has 2 heterocycles. The minimum absolute atomic E-state index is 0. The van der Waals surface area contributed by atoms with Crippen LogP contribution in [0.4, 0.5) is 8.78 Å². The summed E-state index contributed by atoms with van der Waals surface area (Å²) in [4.78, 5) is 20.1. The quantitative estimate of drug-likeness (QED) is 0.121. The molecule has 0 spiro atoms. The lowest BCUT2D eigenvalue weighted by molar-refractivity contribution is 0.0385. The molecule has 0 aliphatic heterocycles. The van der Waals surface area contributed by atoms with Crippen LogP contribution in [-0.4, -0.2) is 92.7 Å². The molecule has 0 saturated carbocycles. The van der Waals surface area contributed by atoms with Crippen LogP contribution < -0.4 is 0 Å². The monoisotopic (exact) mass is 672 g/mol. The summed E-state index contributed by atoms with van der Waals surface area (Å²) in [7, 11) is 4.83. The molecule has 0 unspecified atom stereocenters. The molecule has 2 N–H and O–H groups in total. The highest BCUT2D eigenvalue weighted by Crippen LogP contribution is 2.25. The van der Waals surface area contributed by atoms with Crippen LogP contribution in [-0.2, 0) is 23.7 Å². The maximum absolute atomic E-state index is 13.8. The molecule has 0 atom stereocenters. The topological polar surface area (TPSA) is 173 Å². The molecule has 13 nitrogen and oxygen atoms in total. The molecule has 5 rings (SSSR count). The van der Waals surface area contributed by atoms with Crippen molar-refractivity contribution in [3.05, 3.63) is 95.8 Å². The van der Waals surface area contributed by atoms with Gasteiger partial charge in [-0.05, 0) is 43.3 Å². The Labute approximate surface area is 276 Å². The molecule has 3 aromatic carbocycles. The van der Waals surface area contributed by atoms with Crippen LogP contribution in [0.2, 0.25) is 0 Å². The first-order valence-electron chi connectivity index (χ1n) is 14.3. The van der Waals surface area contributed by atoms with Gasteiger partial charge in [0.05, 0.1) is 49.7 Å². The Morgan fingerprint density at radius 2 is 1.23 bits per heavy atom. The zero-order valence-electron chi connectivity index (χ0n) is 27.0. The maximum atomic E-state index is 13.8. The summed E-state index contributed by atoms with van der Waals surface area (Å²) >= 11 is 0. The summed E-state index contributed by atoms with van der Waals surface area (Å²) < 4.78 is 61.4. The van der Waals surface area contributed by atoms with E-state index in [0.717, 1.165) is 0 Å². The molecule has 0 saturated heterocycles. The number of ether oxygens (including phenoxy) is 5. The smallest absolute Gasteiger partial charge is 0.338 e. The molecule has 0 aliphatic carbocycles. The molecular weight excluding hydrogens is 634 g/mol. The number of rotatable bonds is 13. The van der Waals surface area contributed by atoms with E-state index in [0.29, 0.717) is 55.5 Å². The van der Waals surface area contributed by atoms with Gasteiger partial charge in [-0.3, -0.25) is 0 Å². The van der Waals surface area contributed by atoms with Crippen LogP contribution in [0.5, 0.6) is 0 Å². The fraction of sp³-hybridized carbons (Fsp3) is 0.303. The lowest BCUT2D eigenvalue weighted by Crippen LogP contribution is -2.09. The van der Waals surface area contributed by atoms with E-state index >= 15 is 0 Å². The van der Waals surface area contributed by atoms with Crippen LogP contribution in [0.3, 0.4) is 0 Å². The summed E-state index contributed by atoms with van der Waals surface area (Å²) in [6, 6.07) is 19.0. The Morgan fingerprint density at radius 1 is 0.688 bits per heavy atom. The fourth-order valence-corrected chi connectivity index (χ4v) is 3.60. The van der Waals surface area contributed by atoms with E-state index in [2.05, 4.69) is 20.3 Å². The second-order valence-corrected chi connectivity index (χ2v) is 9.34. The van der Waals surface area contributed by atoms with E-state index in [1.807, 2.05) is 0 Å². The maximum Gasteiger partial charge on any atom is 0.338 e. The number of hydrogen-bond donors (Lipinski definition) is 0. The number of methoxy groups -OCH3 is 3. The average Bonchev–Trinajstić information content (AvgIpc) is 3.76. The van der Waals surface area contributed by atoms with E-state index < -0.39 is 11.8 Å². The summed E-state index contributed by atoms with van der Waals surface area (Å²) in [6.45, 7) is 4.79. The molecule has 2 aromatic heterocycles. The average molecular weight is 673 g/mol. The normalized spacial score (nSPS) is 10.2. The minimum Gasteiger partial charge on any atom is -0.460 e. The molecule has 0 amide bonds. The molecular formula is C33H38F2N4O9. The Morgan fingerprint density at radius 3 is 1.77 bits per heavy atom. The molecule has 0 aliphatic rings. The molecule has 5 aromatic rings. The zero-order chi connectivity index (χ0) is 33.9. The van der Waals surface area contributed by atoms with Crippen molar-refractivity contribution in [3.8, 4) is 34.3 Å². The first kappa shape index (κ1) is 39.2. The Kier molecular flexibility index (Phi) is 17.8. The number of benzene rings is 3. The van der Waals surface area contributed by atoms with Gasteiger partial charge >= 0.3 is 5.97 Å². The van der Waals surface area contributed by atoms with Crippen molar-refractivity contribution in [2.45, 2.75) is 6.92 Å². The molecule has 0 radical (unpaired) electrons. The predicted octanol–water partition coefficient (Wildman–Crippen LogP) is 5.00. The number of carbonyl (C=O) groups is 1. The van der Waals surface area contributed by atoms with E-state index in [1.54, 1.807) is 81.8 Å². The van der Waals surface area contributed by atoms with Crippen LogP contribution in [0, 0.1) is 18.6 Å². The number of halogens is 2. The summed E-state index contributed by atoms with van der Waals surface area (Å²) in [6.07, 6.45) is 0. The molecule has 258 valence electrons. The fourth-order valence-electron chi connectivity index (χ4n) is 3.60. The summed E-state index contributed by atoms with van der Waals surface area (Å²) in [5.41, 5.74) is 1.47. The summed E-state index contributed by atoms with van der Waals surface area (Å²) in [5, 5.41) is 7.44. The van der Waals surface area contributed by atoms with Crippen LogP contribution >= 0.6 is 0 Å². The standard InChI is InChI=1S/C18H15FN2O4.C9H7FN2O.C6H14O3.H2O/c1-23-9-10-24-18(22)13-6-4-5-12(11-13)16-20-17(25-21-16)14-7-2-3-8-15(14)19;1-6-11-9(13-12-6)7-4-2-3-5-8(7)10;1-7-3-5-9-6-4-8-2;/h2-8,11H,9-10H2,1H3;2-5H,1H3;3-6H2,1-2H3;1H2. The van der Waals surface area contributed by atoms with Crippen molar-refractivity contribution >= 4 is 5.97 Å². The van der Waals surface area contributed by atoms with Crippen molar-refractivity contribution < 1.29 is 51.8 Å². The van der Waals surface area contributed by atoms with Crippen LogP contribution in [0.25, 0.3) is 34.3 Å². The number of carbonyl (C=O) groups excluding carboxylic acids is 1. The van der Waals surface area contributed by atoms with Gasteiger partial charge < -0.3 is 38.2 Å². The second-order valence-electron chi connectivity index (χ2n) is 9.34. The van der Waals surface area contributed by atoms with Crippen molar-refractivity contribution in [3.63, 3.8) is 0 Å². The highest BCUT2D eigenvalue weighted by atomic mass is 19.1. The lowest BCUT2D eigenvalue weighted by Gasteiger charge is -2.04. The third kappa shape index (κ3) is 12.7. The highest BCUT2D eigenvalue weighted by molar-refractivity contribution is 5.90. The Balaban J connectivity index is 0.000000291. The van der Waals surface area contributed by atoms with Crippen molar-refractivity contribution in [2.24, 2.45) is 0 Å². The van der Waals surface area contributed by atoms with Crippen LogP contribution in [0.1, 0.15) is 16.2 Å². The largest absolute Gasteiger partial charge is 0.460 e. The number of nitrogens with zero attached hydrogens (tertiary/aromatic N) is 4. The third-order valence-corrected chi connectivity index (χ3v) is 5.90. The van der Waals surface area contributed by atoms with Gasteiger partial charge in [0, 0.05) is 26.9 Å². The van der Waals surface area contributed by atoms with Gasteiger partial charge in [-0.1, -0.05) is 46.7 Å². The van der Waals surface area contributed by atoms with E-state index in [9.17, 15) is 13.6 Å². The second kappa shape index (κ2) is 21.8. The van der Waals surface area contributed by atoms with Crippen molar-refractivity contribution in [1.29, 1.82) is 0 Å². The van der Waals surface area contributed by atoms with Crippen molar-refractivity contribution in [2.75, 3.05) is 61.0 Å². The minimum atomic E-state index is -0.475. The molecule has 48 heavy (non-hydrogen) atoms. The van der Waals surface area contributed by atoms with Gasteiger partial charge in [-0.25, -0.2) is 13.6 Å². The third-order valence-electron chi connectivity index (χ3n) is 5.90. The number of aryl methyl sites for hydroxylation is 1. The molecule has 15 heteroatoms. The van der Waals surface area contributed by atoms with Gasteiger partial charge in [0.1, 0.15) is 18.2 Å². The van der Waals surface area contributed by atoms with Gasteiger partial charge in [-0.15, -0.1) is 0 Å². The first-order valence-corrected chi connectivity index (χ1v) is 14.3. The lowest BCUT2D eigenvalue weighted by atomic mass is 10.1. The number of esters is 1. The Hall–Kier alpha value is -4.93. The van der Waals surface area contributed by atoms with Gasteiger partial charge in [0.25, 0.3) is 11.8 Å². The predicted molar refractivity (Wildman–Crippen MR) is 170 cm³/mol. The van der Waals surface area contributed by atoms with E-state index in [4.69, 9.17) is 32.7 Å². The van der Waals surface area contributed by atoms with Gasteiger partial charge in [0.15, 0.2) is 5.82 Å². The number of hydrogen-bond acceptors (Lipinski definition) is 12.